The van der Waals surface area contributed by atoms with Crippen LogP contribution >= 0.6 is 11.6 Å². The maximum Gasteiger partial charge on any atom is 0.222 e. The summed E-state index contributed by atoms with van der Waals surface area (Å²) in [7, 11) is 1.65. The summed E-state index contributed by atoms with van der Waals surface area (Å²) >= 11 is 5.77. The first-order valence-corrected chi connectivity index (χ1v) is 4.33. The first-order valence-electron chi connectivity index (χ1n) is 3.95. The molecule has 5 heteroatoms. The summed E-state index contributed by atoms with van der Waals surface area (Å²) < 4.78 is 1.49. The number of aromatic nitrogens is 1. The number of aromatic hydroxyl groups is 1. The van der Waals surface area contributed by atoms with Crippen molar-refractivity contribution in [2.75, 3.05) is 0 Å². The topological polar surface area (TPSA) is 54.6 Å². The van der Waals surface area contributed by atoms with Crippen LogP contribution in [0.25, 0.3) is 10.9 Å². The van der Waals surface area contributed by atoms with Gasteiger partial charge in [-0.2, -0.15) is 0 Å². The molecule has 0 aliphatic heterocycles. The Kier molecular flexibility index (Phi) is 1.93. The summed E-state index contributed by atoms with van der Waals surface area (Å²) in [5.41, 5.74) is 0.756. The second kappa shape index (κ2) is 2.99. The van der Waals surface area contributed by atoms with Crippen LogP contribution in [0, 0.1) is 4.91 Å². The van der Waals surface area contributed by atoms with Gasteiger partial charge in [0, 0.05) is 17.5 Å². The fraction of sp³-hybridized carbons (Fsp3) is 0.111. The van der Waals surface area contributed by atoms with Crippen LogP contribution in [-0.2, 0) is 7.05 Å². The molecule has 2 rings (SSSR count). The number of rotatable bonds is 1. The second-order valence-electron chi connectivity index (χ2n) is 2.98. The molecule has 0 atom stereocenters. The minimum absolute atomic E-state index is 0.0324. The van der Waals surface area contributed by atoms with E-state index in [1.807, 2.05) is 0 Å². The highest BCUT2D eigenvalue weighted by Gasteiger charge is 2.14. The molecule has 0 aliphatic rings. The average molecular weight is 211 g/mol. The molecule has 72 valence electrons. The Balaban J connectivity index is 2.96. The molecule has 0 radical (unpaired) electrons. The van der Waals surface area contributed by atoms with E-state index in [2.05, 4.69) is 5.18 Å². The van der Waals surface area contributed by atoms with Crippen LogP contribution in [-0.4, -0.2) is 9.67 Å². The number of nitrogens with zero attached hydrogens (tertiary/aromatic N) is 2. The van der Waals surface area contributed by atoms with Crippen molar-refractivity contribution in [1.29, 1.82) is 0 Å². The predicted molar refractivity (Wildman–Crippen MR) is 55.0 cm³/mol. The summed E-state index contributed by atoms with van der Waals surface area (Å²) in [4.78, 5) is 10.5. The standard InChI is InChI=1S/C9H7ClN2O2/c1-12-7-3-2-5(10)4-6(7)8(11-14)9(12)13/h2-4,13H,1H3. The Hall–Kier alpha value is -1.55. The Morgan fingerprint density at radius 2 is 2.21 bits per heavy atom. The van der Waals surface area contributed by atoms with E-state index in [1.165, 1.54) is 4.57 Å². The van der Waals surface area contributed by atoms with Gasteiger partial charge in [0.15, 0.2) is 5.69 Å². The van der Waals surface area contributed by atoms with Crippen LogP contribution in [0.1, 0.15) is 0 Å². The lowest BCUT2D eigenvalue weighted by atomic mass is 10.2. The molecule has 0 fully saturated rings. The monoisotopic (exact) mass is 210 g/mol. The number of hydrogen-bond donors (Lipinski definition) is 1. The molecular weight excluding hydrogens is 204 g/mol. The van der Waals surface area contributed by atoms with Crippen molar-refractivity contribution >= 4 is 28.2 Å². The molecule has 0 saturated heterocycles. The van der Waals surface area contributed by atoms with Gasteiger partial charge in [-0.05, 0) is 23.4 Å². The second-order valence-corrected chi connectivity index (χ2v) is 3.42. The Morgan fingerprint density at radius 3 is 2.86 bits per heavy atom. The van der Waals surface area contributed by atoms with E-state index in [0.29, 0.717) is 10.4 Å². The molecular formula is C9H7ClN2O2. The van der Waals surface area contributed by atoms with Gasteiger partial charge in [-0.15, -0.1) is 4.91 Å². The SMILES string of the molecule is Cn1c(O)c(N=O)c2cc(Cl)ccc21. The zero-order chi connectivity index (χ0) is 10.3. The first kappa shape index (κ1) is 9.02. The van der Waals surface area contributed by atoms with E-state index in [-0.39, 0.29) is 11.6 Å². The maximum atomic E-state index is 10.5. The number of fused-ring (bicyclic) bond motifs is 1. The van der Waals surface area contributed by atoms with Crippen molar-refractivity contribution < 1.29 is 5.11 Å². The molecule has 1 N–H and O–H groups in total. The number of halogens is 1. The minimum Gasteiger partial charge on any atom is -0.493 e. The third kappa shape index (κ3) is 1.08. The molecule has 0 bridgehead atoms. The number of nitroso groups, excluding NO2 is 1. The summed E-state index contributed by atoms with van der Waals surface area (Å²) in [6, 6.07) is 5.03. The molecule has 0 spiro atoms. The van der Waals surface area contributed by atoms with Gasteiger partial charge in [-0.3, -0.25) is 0 Å². The lowest BCUT2D eigenvalue weighted by Gasteiger charge is -1.95. The van der Waals surface area contributed by atoms with Gasteiger partial charge in [0.2, 0.25) is 5.88 Å². The van der Waals surface area contributed by atoms with Gasteiger partial charge in [0.1, 0.15) is 0 Å². The van der Waals surface area contributed by atoms with Gasteiger partial charge in [0.05, 0.1) is 5.52 Å². The van der Waals surface area contributed by atoms with Crippen molar-refractivity contribution in [2.45, 2.75) is 0 Å². The fourth-order valence-electron chi connectivity index (χ4n) is 1.47. The third-order valence-electron chi connectivity index (χ3n) is 2.20. The van der Waals surface area contributed by atoms with Gasteiger partial charge in [-0.1, -0.05) is 11.6 Å². The zero-order valence-corrected chi connectivity index (χ0v) is 8.12. The average Bonchev–Trinajstić information content (AvgIpc) is 2.39. The Morgan fingerprint density at radius 1 is 1.50 bits per heavy atom. The number of benzene rings is 1. The van der Waals surface area contributed by atoms with Gasteiger partial charge >= 0.3 is 0 Å². The molecule has 14 heavy (non-hydrogen) atoms. The van der Waals surface area contributed by atoms with Crippen LogP contribution < -0.4 is 0 Å². The molecule has 1 aromatic carbocycles. The third-order valence-corrected chi connectivity index (χ3v) is 2.43. The van der Waals surface area contributed by atoms with Gasteiger partial charge in [0.25, 0.3) is 0 Å². The normalized spacial score (nSPS) is 10.7. The van der Waals surface area contributed by atoms with E-state index in [4.69, 9.17) is 11.6 Å². The van der Waals surface area contributed by atoms with E-state index in [0.717, 1.165) is 5.52 Å². The molecule has 1 aromatic heterocycles. The van der Waals surface area contributed by atoms with Gasteiger partial charge < -0.3 is 9.67 Å². The summed E-state index contributed by atoms with van der Waals surface area (Å²) in [6.45, 7) is 0. The quantitative estimate of drug-likeness (QED) is 0.736. The van der Waals surface area contributed by atoms with Crippen molar-refractivity contribution in [3.05, 3.63) is 28.1 Å². The highest BCUT2D eigenvalue weighted by atomic mass is 35.5. The molecule has 0 saturated carbocycles. The highest BCUT2D eigenvalue weighted by molar-refractivity contribution is 6.31. The minimum atomic E-state index is -0.141. The summed E-state index contributed by atoms with van der Waals surface area (Å²) in [5, 5.41) is 13.4. The first-order chi connectivity index (χ1) is 6.65. The van der Waals surface area contributed by atoms with Crippen LogP contribution in [0.4, 0.5) is 5.69 Å². The van der Waals surface area contributed by atoms with Crippen molar-refractivity contribution in [2.24, 2.45) is 12.2 Å². The Labute approximate surface area is 84.7 Å². The fourth-order valence-corrected chi connectivity index (χ4v) is 1.65. The van der Waals surface area contributed by atoms with Crippen molar-refractivity contribution in [1.82, 2.24) is 4.57 Å². The maximum absolute atomic E-state index is 10.5. The lowest BCUT2D eigenvalue weighted by molar-refractivity contribution is 0.437. The summed E-state index contributed by atoms with van der Waals surface area (Å²) in [6.07, 6.45) is 0. The number of hydrogen-bond acceptors (Lipinski definition) is 3. The van der Waals surface area contributed by atoms with Crippen LogP contribution in [0.5, 0.6) is 5.88 Å². The Bertz CT molecular complexity index is 519. The molecule has 2 aromatic rings. The predicted octanol–water partition coefficient (Wildman–Crippen LogP) is 2.94. The van der Waals surface area contributed by atoms with Crippen LogP contribution in [0.2, 0.25) is 5.02 Å². The molecule has 4 nitrogen and oxygen atoms in total. The van der Waals surface area contributed by atoms with Crippen LogP contribution in [0.15, 0.2) is 23.4 Å². The molecule has 0 aliphatic carbocycles. The molecule has 0 amide bonds. The van der Waals surface area contributed by atoms with E-state index >= 15 is 0 Å². The van der Waals surface area contributed by atoms with Crippen molar-refractivity contribution in [3.8, 4) is 5.88 Å². The van der Waals surface area contributed by atoms with E-state index in [9.17, 15) is 10.0 Å². The summed E-state index contributed by atoms with van der Waals surface area (Å²) in [5.74, 6) is -0.141. The van der Waals surface area contributed by atoms with E-state index < -0.39 is 0 Å². The van der Waals surface area contributed by atoms with Crippen molar-refractivity contribution in [3.63, 3.8) is 0 Å². The number of aryl methyl sites for hydroxylation is 1. The van der Waals surface area contributed by atoms with Gasteiger partial charge in [-0.25, -0.2) is 0 Å². The van der Waals surface area contributed by atoms with E-state index in [1.54, 1.807) is 25.2 Å². The zero-order valence-electron chi connectivity index (χ0n) is 7.36. The molecule has 0 unspecified atom stereocenters. The van der Waals surface area contributed by atoms with Crippen LogP contribution in [0.3, 0.4) is 0 Å². The highest BCUT2D eigenvalue weighted by Crippen LogP contribution is 2.38. The lowest BCUT2D eigenvalue weighted by Crippen LogP contribution is -1.84. The smallest absolute Gasteiger partial charge is 0.222 e. The molecule has 1 heterocycles. The largest absolute Gasteiger partial charge is 0.493 e.